The van der Waals surface area contributed by atoms with Gasteiger partial charge >= 0.3 is 12.1 Å². The van der Waals surface area contributed by atoms with Gasteiger partial charge in [-0.25, -0.2) is 14.6 Å². The number of nitrogens with one attached hydrogen (secondary N) is 8. The van der Waals surface area contributed by atoms with Gasteiger partial charge in [-0.15, -0.1) is 0 Å². The highest BCUT2D eigenvalue weighted by atomic mass is 32.1. The smallest absolute Gasteiger partial charge is 0.407 e. The number of aliphatic hydroxyl groups excluding tert-OH is 1. The second-order valence-corrected chi connectivity index (χ2v) is 39.3. The van der Waals surface area contributed by atoms with Crippen LogP contribution in [0.3, 0.4) is 0 Å². The lowest BCUT2D eigenvalue weighted by Crippen LogP contribution is -2.64. The van der Waals surface area contributed by atoms with E-state index in [0.29, 0.717) is 212 Å². The van der Waals surface area contributed by atoms with Crippen LogP contribution in [0.25, 0.3) is 21.3 Å². The van der Waals surface area contributed by atoms with Gasteiger partial charge in [-0.2, -0.15) is 5.10 Å². The van der Waals surface area contributed by atoms with Crippen molar-refractivity contribution in [3.8, 4) is 11.1 Å². The summed E-state index contributed by atoms with van der Waals surface area (Å²) in [4.78, 5) is 140. The first-order valence-electron chi connectivity index (χ1n) is 49.9. The third-order valence-electron chi connectivity index (χ3n) is 25.9. The molecule has 40 heteroatoms. The van der Waals surface area contributed by atoms with Crippen LogP contribution in [0.2, 0.25) is 0 Å². The number of rotatable bonds is 70. The Bertz CT molecular complexity index is 5050. The van der Waals surface area contributed by atoms with Crippen LogP contribution in [0.4, 0.5) is 21.3 Å². The number of benzene rings is 4. The van der Waals surface area contributed by atoms with E-state index in [9.17, 15) is 58.2 Å². The van der Waals surface area contributed by atoms with E-state index >= 15 is 0 Å². The first-order valence-corrected chi connectivity index (χ1v) is 50.7. The van der Waals surface area contributed by atoms with Crippen molar-refractivity contribution in [1.29, 1.82) is 0 Å². The summed E-state index contributed by atoms with van der Waals surface area (Å²) in [6, 6.07) is 21.6. The molecule has 4 aromatic carbocycles. The van der Waals surface area contributed by atoms with E-state index in [-0.39, 0.29) is 93.2 Å². The molecule has 0 saturated heterocycles. The third kappa shape index (κ3) is 36.3. The van der Waals surface area contributed by atoms with Gasteiger partial charge in [0.05, 0.1) is 180 Å². The molecular formula is C103H147N13O26S. The van der Waals surface area contributed by atoms with Crippen molar-refractivity contribution in [3.63, 3.8) is 0 Å². The quantitative estimate of drug-likeness (QED) is 0.00966. The van der Waals surface area contributed by atoms with Crippen LogP contribution < -0.4 is 47.4 Å². The van der Waals surface area contributed by atoms with Crippen molar-refractivity contribution < 1.29 is 124 Å². The van der Waals surface area contributed by atoms with Gasteiger partial charge in [0.25, 0.3) is 11.8 Å². The maximum atomic E-state index is 14.0. The summed E-state index contributed by atoms with van der Waals surface area (Å²) in [6.07, 6.45) is 11.2. The number of ether oxygens (including phenoxy) is 14. The Morgan fingerprint density at radius 3 is 1.74 bits per heavy atom. The van der Waals surface area contributed by atoms with Crippen LogP contribution in [0.1, 0.15) is 170 Å². The normalized spacial score (nSPS) is 18.9. The molecule has 7 atom stereocenters. The number of anilines is 3. The Morgan fingerprint density at radius 1 is 0.559 bits per heavy atom. The van der Waals surface area contributed by atoms with E-state index in [1.807, 2.05) is 55.5 Å². The van der Waals surface area contributed by atoms with Gasteiger partial charge in [-0.1, -0.05) is 94.0 Å². The molecule has 0 radical (unpaired) electrons. The van der Waals surface area contributed by atoms with Crippen LogP contribution in [-0.4, -0.2) is 311 Å². The van der Waals surface area contributed by atoms with Crippen molar-refractivity contribution in [2.45, 2.75) is 194 Å². The number of aromatic nitrogens is 3. The summed E-state index contributed by atoms with van der Waals surface area (Å²) in [5.41, 5.74) is 7.35. The highest BCUT2D eigenvalue weighted by molar-refractivity contribution is 7.22. The number of nitrogens with zero attached hydrogens (tertiary/aromatic N) is 5. The van der Waals surface area contributed by atoms with Gasteiger partial charge in [-0.05, 0) is 179 Å². The molecule has 10 N–H and O–H groups in total. The Hall–Kier alpha value is -10.5. The molecule has 2 aromatic heterocycles. The van der Waals surface area contributed by atoms with Crippen LogP contribution in [0.5, 0.6) is 0 Å². The standard InChI is InChI=1S/C103H147N13O26S/c1-71(2)91(112-93(122)73(4)107-95(124)85(110-87(117)22-10-9-15-34-115-89(119)29-30-90(115)120)20-13-14-32-104-88(118)63-140-58-57-139-56-55-138-54-53-137-52-51-136-50-49-135-48-47-134-46-45-133-44-43-132-42-41-131-40-39-130-38-37-129-8)96(125)108-72(3)92(121)109-77-25-23-75(24-26-77)62-141-99(128)105-33-36-142-103-67-100(6)64-101(7,68-103)66-102(65-100,69-103)70-116-74(5)82(60-106-116)79-28-27-78(59-81(79)97(126)127)114-35-31-76-17-16-18-80(83(76)61-114)94(123)113-98-111-84-19-11-12-21-86(84)143-98/h11-12,16-19,21,23-30,59-60,71-73,85,91,94,123H,9-10,13-15,20,22,31-58,61-70H2,1-8H3,(H,104,118)(H,105,128)(H,107,124)(H,108,125)(H,109,121)(H,110,117)(H,111,113)(H,112,122)(H,126,127)/t72-,73+,85+,91-,94?,100?,101?,102?,103?/m0/s1. The van der Waals surface area contributed by atoms with Gasteiger partial charge < -0.3 is 124 Å². The Labute approximate surface area is 840 Å². The minimum absolute atomic E-state index is 0.00421. The molecular weight excluding hydrogens is 1870 g/mol. The number of hydrogen-bond donors (Lipinski definition) is 10. The first-order chi connectivity index (χ1) is 69.0. The second kappa shape index (κ2) is 58.0. The fourth-order valence-electron chi connectivity index (χ4n) is 20.0. The molecule has 12 rings (SSSR count). The molecule has 4 bridgehead atoms. The van der Waals surface area contributed by atoms with Gasteiger partial charge in [0.15, 0.2) is 11.4 Å². The zero-order valence-electron chi connectivity index (χ0n) is 83.9. The minimum Gasteiger partial charge on any atom is -0.478 e. The zero-order chi connectivity index (χ0) is 102. The maximum Gasteiger partial charge on any atom is 0.407 e. The van der Waals surface area contributed by atoms with Crippen LogP contribution >= 0.6 is 11.3 Å². The lowest BCUT2D eigenvalue weighted by atomic mass is 9.39. The Kier molecular flexibility index (Phi) is 45.7. The van der Waals surface area contributed by atoms with Crippen molar-refractivity contribution in [1.82, 2.24) is 51.6 Å². The number of alkyl carbamates (subject to hydrolysis) is 1. The van der Waals surface area contributed by atoms with Gasteiger partial charge in [0, 0.05) is 93.1 Å². The summed E-state index contributed by atoms with van der Waals surface area (Å²) in [6.45, 7) is 24.9. The van der Waals surface area contributed by atoms with E-state index < -0.39 is 95.3 Å². The largest absolute Gasteiger partial charge is 0.478 e. The molecule has 143 heavy (non-hydrogen) atoms. The number of para-hydroxylation sites is 1. The van der Waals surface area contributed by atoms with E-state index in [1.54, 1.807) is 57.5 Å². The Morgan fingerprint density at radius 2 is 1.15 bits per heavy atom. The number of unbranched alkanes of at least 4 members (excludes halogenated alkanes) is 3. The average molecular weight is 2020 g/mol. The number of carboxylic acids is 1. The fourth-order valence-corrected chi connectivity index (χ4v) is 20.9. The highest BCUT2D eigenvalue weighted by Gasteiger charge is 2.66. The molecule has 3 unspecified atom stereocenters. The monoisotopic (exact) mass is 2010 g/mol. The highest BCUT2D eigenvalue weighted by Crippen LogP contribution is 2.72. The molecule has 2 aliphatic heterocycles. The lowest BCUT2D eigenvalue weighted by molar-refractivity contribution is -0.247. The molecule has 0 spiro atoms. The van der Waals surface area contributed by atoms with E-state index in [2.05, 4.69) is 77.0 Å². The van der Waals surface area contributed by atoms with Crippen LogP contribution in [-0.2, 0) is 131 Å². The number of hydrogen-bond acceptors (Lipinski definition) is 30. The number of amides is 9. The summed E-state index contributed by atoms with van der Waals surface area (Å²) >= 11 is 1.48. The molecule has 4 fully saturated rings. The lowest BCUT2D eigenvalue weighted by Gasteiger charge is -2.69. The number of carbonyl (C=O) groups is 10. The summed E-state index contributed by atoms with van der Waals surface area (Å²) < 4.78 is 81.0. The minimum atomic E-state index is -1.20. The summed E-state index contributed by atoms with van der Waals surface area (Å²) in [5.74, 6) is -5.73. The van der Waals surface area contributed by atoms with E-state index in [1.165, 1.54) is 37.3 Å². The predicted octanol–water partition coefficient (Wildman–Crippen LogP) is 9.07. The number of fused-ring (bicyclic) bond motifs is 2. The van der Waals surface area contributed by atoms with Crippen LogP contribution in [0.15, 0.2) is 103 Å². The third-order valence-corrected chi connectivity index (χ3v) is 26.8. The van der Waals surface area contributed by atoms with Crippen molar-refractivity contribution in [3.05, 3.63) is 137 Å². The molecule has 786 valence electrons. The van der Waals surface area contributed by atoms with Gasteiger partial charge in [0.2, 0.25) is 35.4 Å². The van der Waals surface area contributed by atoms with Gasteiger partial charge in [0.1, 0.15) is 37.4 Å². The topological polar surface area (TPSA) is 474 Å². The van der Waals surface area contributed by atoms with E-state index in [0.717, 1.165) is 87.3 Å². The average Bonchev–Trinajstić information content (AvgIpc) is 1.14. The van der Waals surface area contributed by atoms with Crippen LogP contribution in [0, 0.1) is 29.1 Å². The second-order valence-electron chi connectivity index (χ2n) is 38.2. The number of imide groups is 1. The zero-order valence-corrected chi connectivity index (χ0v) is 84.8. The predicted molar refractivity (Wildman–Crippen MR) is 533 cm³/mol. The Balaban J connectivity index is 0.537. The summed E-state index contributed by atoms with van der Waals surface area (Å²) in [7, 11) is 1.63. The van der Waals surface area contributed by atoms with Gasteiger partial charge in [-0.3, -0.25) is 47.9 Å². The SMILES string of the molecule is COCCOCCOCCOCCOCCOCCOCCOCCOCCOCCOCCOCC(=O)NCCCC[C@@H](NC(=O)CCCCCN1C(=O)C=CC1=O)C(=O)N[C@H](C)C(=O)N[C@H](C(=O)N[C@@H](C)C(=O)Nc1ccc(COC(=O)NCCOC23CC4(C)CC(C)(CC(Cn5ncc(-c6ccc(N7CCc8cccc(C(O)Nc9nc%10ccccc%10s9)c8C7)cc6C(=O)O)c5C)(C4)C2)C3)cc1)C(C)C. The molecule has 4 heterocycles. The van der Waals surface area contributed by atoms with Crippen molar-refractivity contribution in [2.24, 2.45) is 22.2 Å². The van der Waals surface area contributed by atoms with Crippen molar-refractivity contribution >= 4 is 97.4 Å². The molecule has 4 aliphatic carbocycles. The first kappa shape index (κ1) is 113. The molecule has 39 nitrogen and oxygen atoms in total. The molecule has 6 aromatic rings. The number of thiazole rings is 1. The molecule has 6 aliphatic rings. The number of methoxy groups -OCH3 is 1. The number of aromatic carboxylic acids is 1. The number of carboxylic acid groups (broad SMARTS) is 1. The van der Waals surface area contributed by atoms with E-state index in [4.69, 9.17) is 71.4 Å². The maximum absolute atomic E-state index is 14.0. The summed E-state index contributed by atoms with van der Waals surface area (Å²) in [5, 5.41) is 50.5. The van der Waals surface area contributed by atoms with Crippen molar-refractivity contribution in [2.75, 3.05) is 207 Å². The number of aliphatic hydroxyl groups is 1. The number of carbonyl (C=O) groups excluding carboxylic acids is 9. The molecule has 9 amide bonds. The fraction of sp³-hybridized carbons (Fsp3) is 0.612. The molecule has 4 saturated carbocycles.